The van der Waals surface area contributed by atoms with Crippen molar-refractivity contribution in [3.05, 3.63) is 39.9 Å². The predicted octanol–water partition coefficient (Wildman–Crippen LogP) is 1.32. The number of nitrogens with zero attached hydrogens (tertiary/aromatic N) is 2. The number of amides is 2. The quantitative estimate of drug-likeness (QED) is 0.923. The third-order valence-corrected chi connectivity index (χ3v) is 2.85. The second kappa shape index (κ2) is 6.36. The van der Waals surface area contributed by atoms with Gasteiger partial charge in [-0.15, -0.1) is 0 Å². The molecule has 8 heteroatoms. The number of hydrogen-bond acceptors (Lipinski definition) is 5. The number of carbonyl (C=O) groups is 2. The van der Waals surface area contributed by atoms with Gasteiger partial charge in [0.15, 0.2) is 0 Å². The normalized spacial score (nSPS) is 10.4. The van der Waals surface area contributed by atoms with E-state index in [0.29, 0.717) is 15.9 Å². The first-order valence-electron chi connectivity index (χ1n) is 6.12. The van der Waals surface area contributed by atoms with Gasteiger partial charge in [-0.2, -0.15) is 0 Å². The van der Waals surface area contributed by atoms with Crippen LogP contribution >= 0.6 is 11.6 Å². The highest BCUT2D eigenvalue weighted by molar-refractivity contribution is 6.31. The molecule has 0 aliphatic carbocycles. The number of imide groups is 1. The standard InChI is InChI=1S/C13H12ClN3O4/c1-2-21-13(20)16-11(18)6-17-7-15-10-4-3-8(14)5-9(10)12(17)19/h3-5,7H,2,6H2,1H3,(H,16,18,20). The number of halogens is 1. The average Bonchev–Trinajstić information content (AvgIpc) is 2.42. The molecule has 0 spiro atoms. The van der Waals surface area contributed by atoms with Crippen LogP contribution in [-0.4, -0.2) is 28.2 Å². The first-order chi connectivity index (χ1) is 10.0. The van der Waals surface area contributed by atoms with E-state index in [2.05, 4.69) is 9.72 Å². The van der Waals surface area contributed by atoms with Gasteiger partial charge in [0.05, 0.1) is 23.8 Å². The van der Waals surface area contributed by atoms with E-state index in [1.54, 1.807) is 19.1 Å². The number of alkyl carbamates (subject to hydrolysis) is 1. The smallest absolute Gasteiger partial charge is 0.413 e. The van der Waals surface area contributed by atoms with Crippen LogP contribution in [0.25, 0.3) is 10.9 Å². The van der Waals surface area contributed by atoms with E-state index >= 15 is 0 Å². The molecule has 7 nitrogen and oxygen atoms in total. The summed E-state index contributed by atoms with van der Waals surface area (Å²) >= 11 is 5.84. The zero-order valence-electron chi connectivity index (χ0n) is 11.1. The third kappa shape index (κ3) is 3.57. The number of nitrogens with one attached hydrogen (secondary N) is 1. The molecule has 110 valence electrons. The summed E-state index contributed by atoms with van der Waals surface area (Å²) in [6.07, 6.45) is 0.385. The Hall–Kier alpha value is -2.41. The molecule has 1 heterocycles. The Kier molecular flexibility index (Phi) is 4.54. The first kappa shape index (κ1) is 15.0. The zero-order chi connectivity index (χ0) is 15.4. The van der Waals surface area contributed by atoms with Crippen LogP contribution in [0.15, 0.2) is 29.3 Å². The summed E-state index contributed by atoms with van der Waals surface area (Å²) in [6.45, 7) is 1.42. The summed E-state index contributed by atoms with van der Waals surface area (Å²) in [5.74, 6) is -0.668. The van der Waals surface area contributed by atoms with E-state index in [-0.39, 0.29) is 13.2 Å². The maximum atomic E-state index is 12.2. The molecule has 0 unspecified atom stereocenters. The molecule has 0 saturated carbocycles. The lowest BCUT2D eigenvalue weighted by atomic mass is 10.2. The molecule has 0 atom stereocenters. The Balaban J connectivity index is 2.23. The van der Waals surface area contributed by atoms with Crippen molar-refractivity contribution in [2.24, 2.45) is 0 Å². The lowest BCUT2D eigenvalue weighted by molar-refractivity contribution is -0.121. The minimum atomic E-state index is -0.854. The molecule has 0 fully saturated rings. The summed E-state index contributed by atoms with van der Waals surface area (Å²) in [4.78, 5) is 39.0. The number of carbonyl (C=O) groups excluding carboxylic acids is 2. The zero-order valence-corrected chi connectivity index (χ0v) is 11.9. The van der Waals surface area contributed by atoms with Crippen LogP contribution < -0.4 is 10.9 Å². The van der Waals surface area contributed by atoms with Gasteiger partial charge in [0.25, 0.3) is 5.56 Å². The van der Waals surface area contributed by atoms with Crippen molar-refractivity contribution < 1.29 is 14.3 Å². The Morgan fingerprint density at radius 3 is 2.90 bits per heavy atom. The Bertz CT molecular complexity index is 757. The maximum absolute atomic E-state index is 12.2. The van der Waals surface area contributed by atoms with Gasteiger partial charge in [0, 0.05) is 5.02 Å². The number of benzene rings is 1. The van der Waals surface area contributed by atoms with Crippen molar-refractivity contribution in [3.8, 4) is 0 Å². The summed E-state index contributed by atoms with van der Waals surface area (Å²) in [6, 6.07) is 4.71. The Labute approximate surface area is 124 Å². The van der Waals surface area contributed by atoms with E-state index in [4.69, 9.17) is 11.6 Å². The molecule has 1 aromatic heterocycles. The summed E-state index contributed by atoms with van der Waals surface area (Å²) in [5, 5.41) is 2.70. The van der Waals surface area contributed by atoms with Gasteiger partial charge in [0.2, 0.25) is 5.91 Å². The lowest BCUT2D eigenvalue weighted by Crippen LogP contribution is -2.36. The fraction of sp³-hybridized carbons (Fsp3) is 0.231. The summed E-state index contributed by atoms with van der Waals surface area (Å²) in [5.41, 5.74) is 0.0629. The molecule has 2 aromatic rings. The first-order valence-corrected chi connectivity index (χ1v) is 6.50. The summed E-state index contributed by atoms with van der Waals surface area (Å²) in [7, 11) is 0. The van der Waals surface area contributed by atoms with Gasteiger partial charge in [-0.05, 0) is 25.1 Å². The molecule has 2 rings (SSSR count). The van der Waals surface area contributed by atoms with E-state index in [0.717, 1.165) is 4.57 Å². The van der Waals surface area contributed by atoms with Crippen LogP contribution in [0.5, 0.6) is 0 Å². The van der Waals surface area contributed by atoms with E-state index in [9.17, 15) is 14.4 Å². The van der Waals surface area contributed by atoms with Gasteiger partial charge < -0.3 is 4.74 Å². The van der Waals surface area contributed by atoms with Crippen LogP contribution in [-0.2, 0) is 16.1 Å². The van der Waals surface area contributed by atoms with Crippen molar-refractivity contribution in [2.45, 2.75) is 13.5 Å². The molecule has 1 N–H and O–H groups in total. The number of fused-ring (bicyclic) bond motifs is 1. The van der Waals surface area contributed by atoms with Crippen molar-refractivity contribution >= 4 is 34.5 Å². The number of ether oxygens (including phenoxy) is 1. The SMILES string of the molecule is CCOC(=O)NC(=O)Cn1cnc2ccc(Cl)cc2c1=O. The molecular formula is C13H12ClN3O4. The topological polar surface area (TPSA) is 90.3 Å². The third-order valence-electron chi connectivity index (χ3n) is 2.62. The van der Waals surface area contributed by atoms with Gasteiger partial charge in [-0.25, -0.2) is 9.78 Å². The highest BCUT2D eigenvalue weighted by Gasteiger charge is 2.11. The molecule has 0 bridgehead atoms. The molecule has 0 aliphatic rings. The van der Waals surface area contributed by atoms with E-state index < -0.39 is 17.6 Å². The fourth-order valence-corrected chi connectivity index (χ4v) is 1.89. The monoisotopic (exact) mass is 309 g/mol. The van der Waals surface area contributed by atoms with Gasteiger partial charge >= 0.3 is 6.09 Å². The highest BCUT2D eigenvalue weighted by atomic mass is 35.5. The van der Waals surface area contributed by atoms with Gasteiger partial charge in [-0.3, -0.25) is 19.5 Å². The van der Waals surface area contributed by atoms with Crippen molar-refractivity contribution in [2.75, 3.05) is 6.61 Å². The van der Waals surface area contributed by atoms with Crippen LogP contribution in [0.1, 0.15) is 6.92 Å². The number of aromatic nitrogens is 2. The Morgan fingerprint density at radius 2 is 2.19 bits per heavy atom. The minimum Gasteiger partial charge on any atom is -0.450 e. The molecule has 21 heavy (non-hydrogen) atoms. The molecule has 0 radical (unpaired) electrons. The molecule has 1 aromatic carbocycles. The second-order valence-corrected chi connectivity index (χ2v) is 4.54. The Morgan fingerprint density at radius 1 is 1.43 bits per heavy atom. The van der Waals surface area contributed by atoms with Crippen molar-refractivity contribution in [1.29, 1.82) is 0 Å². The average molecular weight is 310 g/mol. The molecule has 0 aliphatic heterocycles. The largest absolute Gasteiger partial charge is 0.450 e. The minimum absolute atomic E-state index is 0.148. The summed E-state index contributed by atoms with van der Waals surface area (Å²) < 4.78 is 5.67. The molecule has 0 saturated heterocycles. The number of rotatable bonds is 3. The van der Waals surface area contributed by atoms with E-state index in [1.165, 1.54) is 12.4 Å². The predicted molar refractivity (Wildman–Crippen MR) is 76.2 cm³/mol. The van der Waals surface area contributed by atoms with Crippen LogP contribution in [0.4, 0.5) is 4.79 Å². The van der Waals surface area contributed by atoms with Gasteiger partial charge in [-0.1, -0.05) is 11.6 Å². The van der Waals surface area contributed by atoms with Crippen molar-refractivity contribution in [1.82, 2.24) is 14.9 Å². The highest BCUT2D eigenvalue weighted by Crippen LogP contribution is 2.13. The maximum Gasteiger partial charge on any atom is 0.413 e. The number of hydrogen-bond donors (Lipinski definition) is 1. The molecule has 2 amide bonds. The van der Waals surface area contributed by atoms with Crippen LogP contribution in [0, 0.1) is 0 Å². The fourth-order valence-electron chi connectivity index (χ4n) is 1.72. The van der Waals surface area contributed by atoms with E-state index in [1.807, 2.05) is 5.32 Å². The van der Waals surface area contributed by atoms with Crippen LogP contribution in [0.3, 0.4) is 0 Å². The lowest BCUT2D eigenvalue weighted by Gasteiger charge is -2.07. The second-order valence-electron chi connectivity index (χ2n) is 4.11. The van der Waals surface area contributed by atoms with Gasteiger partial charge in [0.1, 0.15) is 6.54 Å². The molecular weight excluding hydrogens is 298 g/mol. The van der Waals surface area contributed by atoms with Crippen molar-refractivity contribution in [3.63, 3.8) is 0 Å². The van der Waals surface area contributed by atoms with Crippen LogP contribution in [0.2, 0.25) is 5.02 Å².